The van der Waals surface area contributed by atoms with E-state index in [4.69, 9.17) is 13.9 Å². The Morgan fingerprint density at radius 1 is 1.07 bits per heavy atom. The van der Waals surface area contributed by atoms with E-state index < -0.39 is 21.0 Å². The second-order valence-corrected chi connectivity index (χ2v) is 8.77. The lowest BCUT2D eigenvalue weighted by atomic mass is 10.2. The lowest BCUT2D eigenvalue weighted by Crippen LogP contribution is -2.31. The number of benzene rings is 2. The fourth-order valence-corrected chi connectivity index (χ4v) is 4.64. The van der Waals surface area contributed by atoms with Gasteiger partial charge in [0.2, 0.25) is 6.79 Å². The van der Waals surface area contributed by atoms with Crippen LogP contribution in [0.3, 0.4) is 0 Å². The smallest absolute Gasteiger partial charge is 0.251 e. The maximum Gasteiger partial charge on any atom is 0.251 e. The number of hydrogen-bond acceptors (Lipinski definition) is 6. The zero-order chi connectivity index (χ0) is 20.4. The summed E-state index contributed by atoms with van der Waals surface area (Å²) < 4.78 is 42.3. The Bertz CT molecular complexity index is 1120. The monoisotopic (exact) mass is 413 g/mol. The van der Waals surface area contributed by atoms with Crippen LogP contribution >= 0.6 is 0 Å². The van der Waals surface area contributed by atoms with Gasteiger partial charge in [0.15, 0.2) is 21.3 Å². The van der Waals surface area contributed by atoms with Crippen molar-refractivity contribution in [1.82, 2.24) is 5.32 Å². The predicted octanol–water partition coefficient (Wildman–Crippen LogP) is 3.26. The average molecular weight is 413 g/mol. The molecular weight excluding hydrogens is 394 g/mol. The Kier molecular flexibility index (Phi) is 5.02. The number of amides is 1. The van der Waals surface area contributed by atoms with Crippen LogP contribution in [0.2, 0.25) is 0 Å². The van der Waals surface area contributed by atoms with Crippen LogP contribution < -0.4 is 14.8 Å². The van der Waals surface area contributed by atoms with Gasteiger partial charge >= 0.3 is 0 Å². The van der Waals surface area contributed by atoms with Gasteiger partial charge in [0.25, 0.3) is 5.91 Å². The second-order valence-electron chi connectivity index (χ2n) is 6.64. The summed E-state index contributed by atoms with van der Waals surface area (Å²) in [5.74, 6) is 0.889. The number of rotatable bonds is 6. The SMILES string of the molecule is Cc1ccc(S(=O)(=O)[C@@H](CNC(=O)c2ccc3c(c2)OCO3)c2ccco2)cc1. The van der Waals surface area contributed by atoms with E-state index in [1.807, 2.05) is 6.92 Å². The van der Waals surface area contributed by atoms with Crippen LogP contribution in [0.4, 0.5) is 0 Å². The summed E-state index contributed by atoms with van der Waals surface area (Å²) in [6.45, 7) is 1.85. The molecule has 29 heavy (non-hydrogen) atoms. The van der Waals surface area contributed by atoms with Gasteiger partial charge < -0.3 is 19.2 Å². The fourth-order valence-electron chi connectivity index (χ4n) is 3.06. The highest BCUT2D eigenvalue weighted by molar-refractivity contribution is 7.91. The van der Waals surface area contributed by atoms with Crippen molar-refractivity contribution < 1.29 is 27.1 Å². The van der Waals surface area contributed by atoms with Crippen molar-refractivity contribution in [2.24, 2.45) is 0 Å². The molecule has 0 saturated heterocycles. The number of fused-ring (bicyclic) bond motifs is 1. The van der Waals surface area contributed by atoms with Gasteiger partial charge in [0.05, 0.1) is 11.2 Å². The molecule has 1 aliphatic heterocycles. The van der Waals surface area contributed by atoms with E-state index in [-0.39, 0.29) is 24.0 Å². The second kappa shape index (κ2) is 7.63. The van der Waals surface area contributed by atoms with Crippen molar-refractivity contribution in [2.45, 2.75) is 17.1 Å². The van der Waals surface area contributed by atoms with Crippen molar-refractivity contribution in [3.63, 3.8) is 0 Å². The topological polar surface area (TPSA) is 94.8 Å². The molecule has 0 aliphatic carbocycles. The van der Waals surface area contributed by atoms with E-state index >= 15 is 0 Å². The Morgan fingerprint density at radius 3 is 2.55 bits per heavy atom. The molecule has 0 saturated carbocycles. The first kappa shape index (κ1) is 19.1. The summed E-state index contributed by atoms with van der Waals surface area (Å²) in [6, 6.07) is 14.6. The molecule has 0 radical (unpaired) electrons. The van der Waals surface area contributed by atoms with Gasteiger partial charge in [-0.15, -0.1) is 0 Å². The first-order valence-electron chi connectivity index (χ1n) is 8.97. The van der Waals surface area contributed by atoms with Crippen LogP contribution in [0.1, 0.15) is 26.9 Å². The van der Waals surface area contributed by atoms with Gasteiger partial charge in [0.1, 0.15) is 11.0 Å². The molecular formula is C21H19NO6S. The van der Waals surface area contributed by atoms with Gasteiger partial charge in [-0.3, -0.25) is 4.79 Å². The van der Waals surface area contributed by atoms with Crippen molar-refractivity contribution in [3.8, 4) is 11.5 Å². The molecule has 0 unspecified atom stereocenters. The van der Waals surface area contributed by atoms with E-state index in [0.29, 0.717) is 17.1 Å². The van der Waals surface area contributed by atoms with Gasteiger partial charge in [-0.1, -0.05) is 17.7 Å². The van der Waals surface area contributed by atoms with Crippen LogP contribution in [-0.2, 0) is 9.84 Å². The Hall–Kier alpha value is -3.26. The molecule has 0 spiro atoms. The van der Waals surface area contributed by atoms with E-state index in [1.165, 1.54) is 6.26 Å². The van der Waals surface area contributed by atoms with Crippen LogP contribution in [0.25, 0.3) is 0 Å². The molecule has 1 aromatic heterocycles. The highest BCUT2D eigenvalue weighted by Crippen LogP contribution is 2.33. The summed E-state index contributed by atoms with van der Waals surface area (Å²) in [7, 11) is -3.78. The molecule has 1 atom stereocenters. The minimum absolute atomic E-state index is 0.107. The minimum Gasteiger partial charge on any atom is -0.468 e. The third-order valence-corrected chi connectivity index (χ3v) is 6.74. The molecule has 3 aromatic rings. The molecule has 4 rings (SSSR count). The van der Waals surface area contributed by atoms with E-state index in [2.05, 4.69) is 5.32 Å². The van der Waals surface area contributed by atoms with E-state index in [9.17, 15) is 13.2 Å². The first-order chi connectivity index (χ1) is 13.9. The lowest BCUT2D eigenvalue weighted by molar-refractivity contribution is 0.0952. The molecule has 1 N–H and O–H groups in total. The third kappa shape index (κ3) is 3.84. The number of furan rings is 1. The molecule has 2 aromatic carbocycles. The Morgan fingerprint density at radius 2 is 1.83 bits per heavy atom. The van der Waals surface area contributed by atoms with Crippen molar-refractivity contribution in [2.75, 3.05) is 13.3 Å². The van der Waals surface area contributed by atoms with Crippen molar-refractivity contribution >= 4 is 15.7 Å². The van der Waals surface area contributed by atoms with Crippen molar-refractivity contribution in [1.29, 1.82) is 0 Å². The normalized spacial score (nSPS) is 13.8. The highest BCUT2D eigenvalue weighted by atomic mass is 32.2. The number of hydrogen-bond donors (Lipinski definition) is 1. The summed E-state index contributed by atoms with van der Waals surface area (Å²) in [5.41, 5.74) is 1.30. The first-order valence-corrected chi connectivity index (χ1v) is 10.5. The maximum absolute atomic E-state index is 13.2. The van der Waals surface area contributed by atoms with Gasteiger partial charge in [-0.2, -0.15) is 0 Å². The fraction of sp³-hybridized carbons (Fsp3) is 0.190. The zero-order valence-corrected chi connectivity index (χ0v) is 16.4. The summed E-state index contributed by atoms with van der Waals surface area (Å²) in [5, 5.41) is 1.63. The Balaban J connectivity index is 1.57. The summed E-state index contributed by atoms with van der Waals surface area (Å²) in [6.07, 6.45) is 1.41. The lowest BCUT2D eigenvalue weighted by Gasteiger charge is -2.17. The molecule has 0 bridgehead atoms. The summed E-state index contributed by atoms with van der Waals surface area (Å²) in [4.78, 5) is 12.8. The number of ether oxygens (including phenoxy) is 2. The number of aryl methyl sites for hydroxylation is 1. The number of carbonyl (C=O) groups excluding carboxylic acids is 1. The van der Waals surface area contributed by atoms with E-state index in [1.54, 1.807) is 54.6 Å². The number of nitrogens with one attached hydrogen (secondary N) is 1. The van der Waals surface area contributed by atoms with Gasteiger partial charge in [-0.05, 0) is 49.4 Å². The third-order valence-electron chi connectivity index (χ3n) is 4.67. The van der Waals surface area contributed by atoms with Gasteiger partial charge in [0, 0.05) is 12.1 Å². The van der Waals surface area contributed by atoms with Crippen LogP contribution in [0.15, 0.2) is 70.2 Å². The van der Waals surface area contributed by atoms with Crippen LogP contribution in [0, 0.1) is 6.92 Å². The molecule has 1 aliphatic rings. The molecule has 2 heterocycles. The van der Waals surface area contributed by atoms with Crippen molar-refractivity contribution in [3.05, 3.63) is 77.7 Å². The largest absolute Gasteiger partial charge is 0.468 e. The van der Waals surface area contributed by atoms with E-state index in [0.717, 1.165) is 5.56 Å². The molecule has 0 fully saturated rings. The zero-order valence-electron chi connectivity index (χ0n) is 15.6. The summed E-state index contributed by atoms with van der Waals surface area (Å²) >= 11 is 0. The Labute approximate surface area is 168 Å². The number of sulfone groups is 1. The molecule has 150 valence electrons. The standard InChI is InChI=1S/C21H19NO6S/c1-14-4-7-16(8-5-14)29(24,25)20(18-3-2-10-26-18)12-22-21(23)15-6-9-17-19(11-15)28-13-27-17/h2-11,20H,12-13H2,1H3,(H,22,23)/t20-/m0/s1. The van der Waals surface area contributed by atoms with Crippen LogP contribution in [0.5, 0.6) is 11.5 Å². The molecule has 1 amide bonds. The average Bonchev–Trinajstić information content (AvgIpc) is 3.39. The number of carbonyl (C=O) groups is 1. The minimum atomic E-state index is -3.78. The van der Waals surface area contributed by atoms with Gasteiger partial charge in [-0.25, -0.2) is 8.42 Å². The molecule has 7 nitrogen and oxygen atoms in total. The predicted molar refractivity (Wildman–Crippen MR) is 105 cm³/mol. The maximum atomic E-state index is 13.2. The highest BCUT2D eigenvalue weighted by Gasteiger charge is 2.32. The molecule has 8 heteroatoms. The quantitative estimate of drug-likeness (QED) is 0.667. The van der Waals surface area contributed by atoms with Crippen LogP contribution in [-0.4, -0.2) is 27.7 Å².